The average Bonchev–Trinajstić information content (AvgIpc) is 2.92. The van der Waals surface area contributed by atoms with Crippen molar-refractivity contribution >= 4 is 27.4 Å². The topological polar surface area (TPSA) is 87.1 Å². The van der Waals surface area contributed by atoms with Crippen LogP contribution >= 0.6 is 0 Å². The average molecular weight is 573 g/mol. The summed E-state index contributed by atoms with van der Waals surface area (Å²) in [5.41, 5.74) is -2.11. The fourth-order valence-corrected chi connectivity index (χ4v) is 7.44. The van der Waals surface area contributed by atoms with Crippen LogP contribution in [0.1, 0.15) is 52.0 Å². The highest BCUT2D eigenvalue weighted by Crippen LogP contribution is 2.59. The van der Waals surface area contributed by atoms with Gasteiger partial charge in [-0.15, -0.1) is 0 Å². The lowest BCUT2D eigenvalue weighted by molar-refractivity contribution is -0.142. The highest BCUT2D eigenvalue weighted by molar-refractivity contribution is 7.89. The molecule has 1 fully saturated rings. The summed E-state index contributed by atoms with van der Waals surface area (Å²) in [6, 6.07) is 6.72. The quantitative estimate of drug-likeness (QED) is 0.406. The van der Waals surface area contributed by atoms with Crippen LogP contribution in [0.15, 0.2) is 41.3 Å². The second kappa shape index (κ2) is 9.96. The Labute approximate surface area is 225 Å². The number of halogens is 4. The summed E-state index contributed by atoms with van der Waals surface area (Å²) in [5.74, 6) is -3.71. The zero-order valence-electron chi connectivity index (χ0n) is 22.2. The molecule has 0 radical (unpaired) electrons. The number of hydrogen-bond acceptors (Lipinski definition) is 5. The minimum atomic E-state index is -4.93. The Bertz CT molecular complexity index is 1350. The lowest BCUT2D eigenvalue weighted by Crippen LogP contribution is -2.65. The molecule has 2 aromatic rings. The third kappa shape index (κ3) is 5.08. The number of sulfonamides is 1. The Kier molecular flexibility index (Phi) is 7.44. The van der Waals surface area contributed by atoms with Gasteiger partial charge in [0.05, 0.1) is 22.7 Å². The third-order valence-electron chi connectivity index (χ3n) is 8.37. The Morgan fingerprint density at radius 1 is 1.13 bits per heavy atom. The molecule has 2 aromatic carbocycles. The smallest absolute Gasteiger partial charge is 0.420 e. The van der Waals surface area contributed by atoms with Crippen molar-refractivity contribution in [1.82, 2.24) is 4.31 Å². The van der Waals surface area contributed by atoms with Crippen LogP contribution in [0.4, 0.5) is 28.9 Å². The molecule has 0 aromatic heterocycles. The van der Waals surface area contributed by atoms with Gasteiger partial charge in [0.2, 0.25) is 10.0 Å². The molecule has 1 aliphatic carbocycles. The zero-order valence-corrected chi connectivity index (χ0v) is 23.0. The van der Waals surface area contributed by atoms with E-state index in [1.54, 1.807) is 0 Å². The van der Waals surface area contributed by atoms with Gasteiger partial charge in [-0.05, 0) is 55.5 Å². The van der Waals surface area contributed by atoms with Gasteiger partial charge in [0, 0.05) is 25.3 Å². The van der Waals surface area contributed by atoms with Crippen LogP contribution < -0.4 is 9.64 Å². The minimum absolute atomic E-state index is 0.0661. The van der Waals surface area contributed by atoms with Crippen molar-refractivity contribution in [3.63, 3.8) is 0 Å². The molecule has 0 saturated heterocycles. The number of alkyl halides is 3. The van der Waals surface area contributed by atoms with E-state index in [2.05, 4.69) is 0 Å². The fourth-order valence-electron chi connectivity index (χ4n) is 5.76. The van der Waals surface area contributed by atoms with Crippen molar-refractivity contribution in [2.45, 2.75) is 63.1 Å². The Hall–Kier alpha value is -2.86. The summed E-state index contributed by atoms with van der Waals surface area (Å²) in [5, 5.41) is 9.15. The minimum Gasteiger partial charge on any atom is -0.492 e. The number of carboxylic acids is 1. The van der Waals surface area contributed by atoms with E-state index in [4.69, 9.17) is 9.84 Å². The Morgan fingerprint density at radius 2 is 1.72 bits per heavy atom. The van der Waals surface area contributed by atoms with E-state index in [9.17, 15) is 30.8 Å². The molecule has 12 heteroatoms. The number of hydrogen-bond donors (Lipinski definition) is 1. The van der Waals surface area contributed by atoms with Crippen molar-refractivity contribution in [2.75, 3.05) is 25.1 Å². The number of ether oxygens (including phenoxy) is 1. The fraction of sp³-hybridized carbons (Fsp3) is 0.519. The van der Waals surface area contributed by atoms with Gasteiger partial charge in [0.25, 0.3) is 0 Å². The summed E-state index contributed by atoms with van der Waals surface area (Å²) in [6.45, 7) is 4.82. The molecule has 1 saturated carbocycles. The molecular formula is C27H32F4N2O5S. The highest BCUT2D eigenvalue weighted by Gasteiger charge is 2.60. The van der Waals surface area contributed by atoms with E-state index in [1.807, 2.05) is 13.8 Å². The SMILES string of the molecule is CCC1(CC)CC2(CN(c3ccc(F)cc3)c3cc(C(F)(F)F)c(OC[C@@H](C)C(=O)O)cc3S(=O)(=O)N2C)C1. The third-order valence-corrected chi connectivity index (χ3v) is 10.4. The number of carboxylic acid groups (broad SMARTS) is 1. The van der Waals surface area contributed by atoms with Gasteiger partial charge in [-0.2, -0.15) is 17.5 Å². The van der Waals surface area contributed by atoms with Crippen molar-refractivity contribution in [2.24, 2.45) is 11.3 Å². The first kappa shape index (κ1) is 29.1. The molecule has 1 aliphatic heterocycles. The van der Waals surface area contributed by atoms with Crippen LogP contribution in [-0.2, 0) is 21.0 Å². The van der Waals surface area contributed by atoms with Crippen LogP contribution in [0, 0.1) is 17.2 Å². The maximum Gasteiger partial charge on any atom is 0.420 e. The lowest BCUT2D eigenvalue weighted by atomic mass is 9.54. The summed E-state index contributed by atoms with van der Waals surface area (Å²) in [4.78, 5) is 12.3. The first-order chi connectivity index (χ1) is 18.1. The monoisotopic (exact) mass is 572 g/mol. The van der Waals surface area contributed by atoms with Crippen LogP contribution in [0.2, 0.25) is 0 Å². The molecule has 1 spiro atoms. The van der Waals surface area contributed by atoms with Crippen molar-refractivity contribution in [3.05, 3.63) is 47.8 Å². The number of rotatable bonds is 7. The van der Waals surface area contributed by atoms with Crippen molar-refractivity contribution < 1.29 is 40.6 Å². The maximum atomic E-state index is 14.3. The molecule has 7 nitrogen and oxygen atoms in total. The van der Waals surface area contributed by atoms with E-state index in [0.29, 0.717) is 18.5 Å². The molecule has 4 rings (SSSR count). The second-order valence-corrected chi connectivity index (χ2v) is 12.6. The molecule has 214 valence electrons. The van der Waals surface area contributed by atoms with Crippen LogP contribution in [0.25, 0.3) is 0 Å². The number of likely N-dealkylation sites (N-methyl/N-ethyl adjacent to an activating group) is 1. The molecule has 0 amide bonds. The second-order valence-electron chi connectivity index (χ2n) is 10.7. The highest BCUT2D eigenvalue weighted by atomic mass is 32.2. The molecule has 0 unspecified atom stereocenters. The van der Waals surface area contributed by atoms with Gasteiger partial charge in [0.1, 0.15) is 23.1 Å². The maximum absolute atomic E-state index is 14.3. The first-order valence-corrected chi connectivity index (χ1v) is 14.2. The van der Waals surface area contributed by atoms with Crippen LogP contribution in [0.3, 0.4) is 0 Å². The van der Waals surface area contributed by atoms with Gasteiger partial charge in [-0.25, -0.2) is 12.8 Å². The first-order valence-electron chi connectivity index (χ1n) is 12.7. The summed E-state index contributed by atoms with van der Waals surface area (Å²) in [7, 11) is -2.89. The van der Waals surface area contributed by atoms with Crippen molar-refractivity contribution in [1.29, 1.82) is 0 Å². The number of benzene rings is 2. The molecule has 2 aliphatic rings. The van der Waals surface area contributed by atoms with Crippen molar-refractivity contribution in [3.8, 4) is 5.75 Å². The van der Waals surface area contributed by atoms with Gasteiger partial charge in [-0.3, -0.25) is 4.79 Å². The number of carbonyl (C=O) groups is 1. The Morgan fingerprint density at radius 3 is 2.23 bits per heavy atom. The Balaban J connectivity index is 1.94. The molecule has 1 heterocycles. The summed E-state index contributed by atoms with van der Waals surface area (Å²) in [6.07, 6.45) is -2.26. The largest absolute Gasteiger partial charge is 0.492 e. The number of fused-ring (bicyclic) bond motifs is 1. The standard InChI is InChI=1S/C27H32F4N2O5S/c1-5-25(6-2)14-26(15-25)16-33(19-9-7-18(28)8-10-19)21-11-20(27(29,30)31)22(38-13-17(3)24(34)35)12-23(21)39(36,37)32(26)4/h7-12,17H,5-6,13-16H2,1-4H3,(H,34,35)/t17-/m1/s1. The molecule has 39 heavy (non-hydrogen) atoms. The number of aliphatic carboxylic acids is 1. The molecule has 1 N–H and O–H groups in total. The summed E-state index contributed by atoms with van der Waals surface area (Å²) >= 11 is 0. The van der Waals surface area contributed by atoms with E-state index >= 15 is 0 Å². The van der Waals surface area contributed by atoms with E-state index in [0.717, 1.165) is 25.0 Å². The van der Waals surface area contributed by atoms with Gasteiger partial charge in [0.15, 0.2) is 0 Å². The lowest BCUT2D eigenvalue weighted by Gasteiger charge is -2.59. The van der Waals surface area contributed by atoms with E-state index < -0.39 is 62.3 Å². The normalized spacial score (nSPS) is 20.6. The molecule has 1 atom stereocenters. The molecule has 0 bridgehead atoms. The summed E-state index contributed by atoms with van der Waals surface area (Å²) < 4.78 is 91.1. The van der Waals surface area contributed by atoms with Crippen LogP contribution in [-0.4, -0.2) is 49.5 Å². The number of anilines is 2. The van der Waals surface area contributed by atoms with Gasteiger partial charge >= 0.3 is 12.1 Å². The van der Waals surface area contributed by atoms with Crippen LogP contribution in [0.5, 0.6) is 5.75 Å². The predicted molar refractivity (Wildman–Crippen MR) is 137 cm³/mol. The zero-order chi connectivity index (χ0) is 29.0. The number of nitrogens with zero attached hydrogens (tertiary/aromatic N) is 2. The van der Waals surface area contributed by atoms with Gasteiger partial charge in [-0.1, -0.05) is 26.7 Å². The van der Waals surface area contributed by atoms with Gasteiger partial charge < -0.3 is 14.7 Å². The molecular weight excluding hydrogens is 540 g/mol. The predicted octanol–water partition coefficient (Wildman–Crippen LogP) is 6.06. The van der Waals surface area contributed by atoms with E-state index in [1.165, 1.54) is 47.4 Å². The van der Waals surface area contributed by atoms with E-state index in [-0.39, 0.29) is 17.6 Å².